The molecule has 3 atom stereocenters. The Morgan fingerprint density at radius 2 is 1.72 bits per heavy atom. The highest BCUT2D eigenvalue weighted by Gasteiger charge is 2.49. The maximum absolute atomic E-state index is 12.8. The van der Waals surface area contributed by atoms with Crippen molar-refractivity contribution in [1.29, 1.82) is 0 Å². The Hall–Kier alpha value is -2.65. The van der Waals surface area contributed by atoms with Crippen LogP contribution in [0.1, 0.15) is 36.1 Å². The molecule has 0 aliphatic carbocycles. The quantitative estimate of drug-likeness (QED) is 0.465. The van der Waals surface area contributed by atoms with Gasteiger partial charge < -0.3 is 29.7 Å². The molecule has 1 saturated heterocycles. The summed E-state index contributed by atoms with van der Waals surface area (Å²) in [6.45, 7) is 2.15. The van der Waals surface area contributed by atoms with Crippen LogP contribution in [0, 0.1) is 0 Å². The number of benzene rings is 2. The largest absolute Gasteiger partial charge is 0.486 e. The third kappa shape index (κ3) is 4.59. The van der Waals surface area contributed by atoms with Crippen LogP contribution in [0.3, 0.4) is 0 Å². The van der Waals surface area contributed by atoms with Gasteiger partial charge in [0.1, 0.15) is 19.3 Å². The van der Waals surface area contributed by atoms with Gasteiger partial charge in [-0.3, -0.25) is 10.1 Å². The number of aliphatic carboxylic acids is 1. The zero-order valence-corrected chi connectivity index (χ0v) is 17.9. The lowest BCUT2D eigenvalue weighted by molar-refractivity contribution is -0.153. The molecule has 2 heterocycles. The van der Waals surface area contributed by atoms with Crippen molar-refractivity contribution in [3.05, 3.63) is 59.7 Å². The molecule has 8 heteroatoms. The van der Waals surface area contributed by atoms with Crippen LogP contribution in [0.4, 0.5) is 0 Å². The van der Waals surface area contributed by atoms with Crippen LogP contribution < -0.4 is 14.8 Å². The fourth-order valence-corrected chi connectivity index (χ4v) is 4.50. The molecular formula is C24H30N2O6. The van der Waals surface area contributed by atoms with E-state index in [2.05, 4.69) is 5.32 Å². The van der Waals surface area contributed by atoms with Crippen molar-refractivity contribution in [3.8, 4) is 11.5 Å². The highest BCUT2D eigenvalue weighted by atomic mass is 16.6. The first-order chi connectivity index (χ1) is 15.5. The molecule has 0 unspecified atom stereocenters. The molecule has 8 nitrogen and oxygen atoms in total. The minimum atomic E-state index is -1.75. The van der Waals surface area contributed by atoms with E-state index in [1.54, 1.807) is 18.2 Å². The number of ether oxygens (including phenoxy) is 2. The molecule has 0 bridgehead atoms. The highest BCUT2D eigenvalue weighted by Crippen LogP contribution is 2.37. The number of aliphatic hydroxyl groups is 2. The lowest BCUT2D eigenvalue weighted by Crippen LogP contribution is -2.63. The van der Waals surface area contributed by atoms with Gasteiger partial charge >= 0.3 is 5.97 Å². The zero-order valence-electron chi connectivity index (χ0n) is 17.9. The van der Waals surface area contributed by atoms with E-state index in [1.807, 2.05) is 35.2 Å². The first-order valence-corrected chi connectivity index (χ1v) is 11.0. The van der Waals surface area contributed by atoms with Crippen molar-refractivity contribution >= 4 is 5.97 Å². The van der Waals surface area contributed by atoms with Crippen molar-refractivity contribution in [2.45, 2.75) is 30.5 Å². The molecule has 2 aromatic carbocycles. The number of carboxylic acid groups (broad SMARTS) is 1. The average molecular weight is 443 g/mol. The second-order valence-electron chi connectivity index (χ2n) is 8.36. The molecule has 2 aliphatic rings. The van der Waals surface area contributed by atoms with Gasteiger partial charge in [-0.1, -0.05) is 36.4 Å². The topological polar surface area (TPSA) is 111 Å². The van der Waals surface area contributed by atoms with Crippen molar-refractivity contribution in [1.82, 2.24) is 10.2 Å². The third-order valence-electron chi connectivity index (χ3n) is 6.22. The van der Waals surface area contributed by atoms with E-state index in [0.717, 1.165) is 31.5 Å². The van der Waals surface area contributed by atoms with Crippen LogP contribution in [0.15, 0.2) is 48.5 Å². The van der Waals surface area contributed by atoms with E-state index in [4.69, 9.17) is 9.47 Å². The molecule has 0 saturated carbocycles. The van der Waals surface area contributed by atoms with Gasteiger partial charge in [-0.15, -0.1) is 0 Å². The minimum Gasteiger partial charge on any atom is -0.486 e. The maximum Gasteiger partial charge on any atom is 0.328 e. The number of hydrogen-bond acceptors (Lipinski definition) is 7. The van der Waals surface area contributed by atoms with E-state index in [9.17, 15) is 20.1 Å². The van der Waals surface area contributed by atoms with Crippen molar-refractivity contribution in [3.63, 3.8) is 0 Å². The standard InChI is InChI=1S/C24H30N2O6/c27-15-19(17-6-2-1-3-7-17)25-24(23(29)30,16-26-10-4-5-11-26)22(28)18-8-9-20-21(14-18)32-13-12-31-20/h1-3,6-9,14,19,22,25,27-28H,4-5,10-13,15-16H2,(H,29,30)/t19-,22+,24-/m0/s1. The number of likely N-dealkylation sites (tertiary alicyclic amines) is 1. The van der Waals surface area contributed by atoms with Crippen LogP contribution in [0.5, 0.6) is 11.5 Å². The van der Waals surface area contributed by atoms with Crippen molar-refractivity contribution < 1.29 is 29.6 Å². The Labute approximate surface area is 187 Å². The smallest absolute Gasteiger partial charge is 0.328 e. The molecular weight excluding hydrogens is 412 g/mol. The first-order valence-electron chi connectivity index (χ1n) is 11.0. The molecule has 0 amide bonds. The number of nitrogens with zero attached hydrogens (tertiary/aromatic N) is 1. The Bertz CT molecular complexity index is 918. The fraction of sp³-hybridized carbons (Fsp3) is 0.458. The summed E-state index contributed by atoms with van der Waals surface area (Å²) < 4.78 is 11.2. The summed E-state index contributed by atoms with van der Waals surface area (Å²) in [5.74, 6) is -0.130. The number of carbonyl (C=O) groups is 1. The number of aliphatic hydroxyl groups excluding tert-OH is 2. The minimum absolute atomic E-state index is 0.0985. The first kappa shape index (κ1) is 22.5. The van der Waals surface area contributed by atoms with Gasteiger partial charge in [0.05, 0.1) is 12.6 Å². The Kier molecular flexibility index (Phi) is 6.95. The second-order valence-corrected chi connectivity index (χ2v) is 8.36. The lowest BCUT2D eigenvalue weighted by Gasteiger charge is -2.40. The average Bonchev–Trinajstić information content (AvgIpc) is 3.34. The summed E-state index contributed by atoms with van der Waals surface area (Å²) in [6, 6.07) is 13.5. The molecule has 32 heavy (non-hydrogen) atoms. The van der Waals surface area contributed by atoms with E-state index in [1.165, 1.54) is 0 Å². The summed E-state index contributed by atoms with van der Waals surface area (Å²) >= 11 is 0. The molecule has 0 aromatic heterocycles. The molecule has 172 valence electrons. The van der Waals surface area contributed by atoms with Crippen molar-refractivity contribution in [2.24, 2.45) is 0 Å². The Balaban J connectivity index is 1.72. The second kappa shape index (κ2) is 9.87. The fourth-order valence-electron chi connectivity index (χ4n) is 4.50. The van der Waals surface area contributed by atoms with Crippen LogP contribution in [0.2, 0.25) is 0 Å². The summed E-state index contributed by atoms with van der Waals surface area (Å²) in [5.41, 5.74) is -0.596. The molecule has 2 aromatic rings. The Morgan fingerprint density at radius 3 is 2.38 bits per heavy atom. The SMILES string of the molecule is O=C(O)[C@@](CN1CCCC1)(N[C@@H](CO)c1ccccc1)[C@H](O)c1ccc2c(c1)OCCO2. The number of nitrogens with one attached hydrogen (secondary N) is 1. The maximum atomic E-state index is 12.8. The summed E-state index contributed by atoms with van der Waals surface area (Å²) in [5, 5.41) is 35.2. The number of rotatable bonds is 9. The van der Waals surface area contributed by atoms with Gasteiger partial charge in [0.25, 0.3) is 0 Å². The van der Waals surface area contributed by atoms with Gasteiger partial charge in [-0.25, -0.2) is 0 Å². The molecule has 1 fully saturated rings. The Morgan fingerprint density at radius 1 is 1.03 bits per heavy atom. The summed E-state index contributed by atoms with van der Waals surface area (Å²) in [4.78, 5) is 14.9. The van der Waals surface area contributed by atoms with Gasteiger partial charge in [0.2, 0.25) is 0 Å². The molecule has 2 aliphatic heterocycles. The molecule has 0 radical (unpaired) electrons. The van der Waals surface area contributed by atoms with Gasteiger partial charge in [-0.05, 0) is 49.2 Å². The number of fused-ring (bicyclic) bond motifs is 1. The van der Waals surface area contributed by atoms with E-state index < -0.39 is 23.7 Å². The predicted octanol–water partition coefficient (Wildman–Crippen LogP) is 1.73. The van der Waals surface area contributed by atoms with Gasteiger partial charge in [0.15, 0.2) is 17.0 Å². The van der Waals surface area contributed by atoms with E-state index >= 15 is 0 Å². The van der Waals surface area contributed by atoms with Crippen LogP contribution in [-0.2, 0) is 4.79 Å². The monoisotopic (exact) mass is 442 g/mol. The van der Waals surface area contributed by atoms with Gasteiger partial charge in [0, 0.05) is 6.54 Å². The van der Waals surface area contributed by atoms with E-state index in [-0.39, 0.29) is 13.2 Å². The number of hydrogen-bond donors (Lipinski definition) is 4. The summed E-state index contributed by atoms with van der Waals surface area (Å²) in [7, 11) is 0. The van der Waals surface area contributed by atoms with Crippen molar-refractivity contribution in [2.75, 3.05) is 39.5 Å². The number of carboxylic acids is 1. The van der Waals surface area contributed by atoms with Crippen LogP contribution in [0.25, 0.3) is 0 Å². The van der Waals surface area contributed by atoms with Gasteiger partial charge in [-0.2, -0.15) is 0 Å². The molecule has 4 rings (SSSR count). The van der Waals surface area contributed by atoms with Crippen LogP contribution in [-0.4, -0.2) is 71.2 Å². The predicted molar refractivity (Wildman–Crippen MR) is 118 cm³/mol. The zero-order chi connectivity index (χ0) is 22.6. The van der Waals surface area contributed by atoms with E-state index in [0.29, 0.717) is 30.3 Å². The lowest BCUT2D eigenvalue weighted by atomic mass is 9.85. The third-order valence-corrected chi connectivity index (χ3v) is 6.22. The normalized spacial score (nSPS) is 19.8. The molecule has 4 N–H and O–H groups in total. The van der Waals surface area contributed by atoms with Crippen LogP contribution >= 0.6 is 0 Å². The summed E-state index contributed by atoms with van der Waals surface area (Å²) in [6.07, 6.45) is 0.574. The highest BCUT2D eigenvalue weighted by molar-refractivity contribution is 5.81. The molecule has 0 spiro atoms.